The Balaban J connectivity index is 2.40. The number of carbonyl (C=O) groups excluding carboxylic acids is 1. The van der Waals surface area contributed by atoms with Gasteiger partial charge >= 0.3 is 5.97 Å². The number of methoxy groups -OCH3 is 1. The van der Waals surface area contributed by atoms with Crippen LogP contribution < -0.4 is 0 Å². The molecule has 1 atom stereocenters. The summed E-state index contributed by atoms with van der Waals surface area (Å²) < 4.78 is 5.24. The van der Waals surface area contributed by atoms with Crippen molar-refractivity contribution >= 4 is 11.5 Å². The summed E-state index contributed by atoms with van der Waals surface area (Å²) in [5, 5.41) is 0. The SMILES string of the molecule is COC(=O)C1(C)CC(C)(C)C(C)(C)C1=C=C(c1ccccc1)c1ccccc1. The first-order valence-electron chi connectivity index (χ1n) is 9.84. The number of ether oxygens (including phenoxy) is 1. The highest BCUT2D eigenvalue weighted by molar-refractivity contribution is 5.84. The van der Waals surface area contributed by atoms with Crippen molar-refractivity contribution in [3.05, 3.63) is 83.1 Å². The molecule has 0 bridgehead atoms. The Labute approximate surface area is 168 Å². The van der Waals surface area contributed by atoms with Crippen LogP contribution in [-0.2, 0) is 9.53 Å². The molecule has 1 fully saturated rings. The number of rotatable bonds is 3. The first-order chi connectivity index (χ1) is 13.1. The first kappa shape index (κ1) is 20.2. The summed E-state index contributed by atoms with van der Waals surface area (Å²) in [4.78, 5) is 12.9. The maximum absolute atomic E-state index is 12.9. The average Bonchev–Trinajstić information content (AvgIpc) is 2.82. The van der Waals surface area contributed by atoms with Crippen molar-refractivity contribution in [1.29, 1.82) is 0 Å². The van der Waals surface area contributed by atoms with Gasteiger partial charge in [-0.25, -0.2) is 0 Å². The summed E-state index contributed by atoms with van der Waals surface area (Å²) in [5.41, 5.74) is 6.98. The van der Waals surface area contributed by atoms with Crippen LogP contribution in [0.5, 0.6) is 0 Å². The minimum absolute atomic E-state index is 0.0588. The van der Waals surface area contributed by atoms with Crippen molar-refractivity contribution in [2.24, 2.45) is 16.2 Å². The fraction of sp³-hybridized carbons (Fsp3) is 0.385. The van der Waals surface area contributed by atoms with Gasteiger partial charge in [-0.05, 0) is 40.9 Å². The summed E-state index contributed by atoms with van der Waals surface area (Å²) in [6.07, 6.45) is 0.735. The highest BCUT2D eigenvalue weighted by Gasteiger charge is 2.60. The van der Waals surface area contributed by atoms with Crippen molar-refractivity contribution in [2.75, 3.05) is 7.11 Å². The van der Waals surface area contributed by atoms with Crippen LogP contribution in [0.25, 0.3) is 5.57 Å². The lowest BCUT2D eigenvalue weighted by atomic mass is 9.69. The molecule has 0 aliphatic heterocycles. The molecule has 0 radical (unpaired) electrons. The van der Waals surface area contributed by atoms with Crippen LogP contribution in [0.1, 0.15) is 52.2 Å². The zero-order valence-corrected chi connectivity index (χ0v) is 17.8. The summed E-state index contributed by atoms with van der Waals surface area (Å²) in [6.45, 7) is 10.9. The van der Waals surface area contributed by atoms with Gasteiger partial charge in [-0.1, -0.05) is 88.4 Å². The zero-order valence-electron chi connectivity index (χ0n) is 17.8. The summed E-state index contributed by atoms with van der Waals surface area (Å²) in [7, 11) is 1.47. The Morgan fingerprint density at radius 1 is 0.857 bits per heavy atom. The predicted molar refractivity (Wildman–Crippen MR) is 115 cm³/mol. The van der Waals surface area contributed by atoms with Crippen molar-refractivity contribution in [2.45, 2.75) is 41.0 Å². The molecule has 0 saturated heterocycles. The van der Waals surface area contributed by atoms with E-state index in [1.165, 1.54) is 7.11 Å². The van der Waals surface area contributed by atoms with E-state index in [0.717, 1.165) is 28.7 Å². The van der Waals surface area contributed by atoms with Crippen LogP contribution in [0.3, 0.4) is 0 Å². The molecule has 0 N–H and O–H groups in total. The lowest BCUT2D eigenvalue weighted by molar-refractivity contribution is -0.149. The summed E-state index contributed by atoms with van der Waals surface area (Å²) >= 11 is 0. The second-order valence-corrected chi connectivity index (χ2v) is 9.12. The van der Waals surface area contributed by atoms with Gasteiger partial charge in [0, 0.05) is 5.57 Å². The molecule has 2 aromatic rings. The summed E-state index contributed by atoms with van der Waals surface area (Å²) in [5.74, 6) is -0.186. The van der Waals surface area contributed by atoms with E-state index >= 15 is 0 Å². The molecular weight excluding hydrogens is 344 g/mol. The molecule has 0 heterocycles. The molecule has 2 heteroatoms. The molecule has 2 nitrogen and oxygen atoms in total. The Bertz CT molecular complexity index is 887. The monoisotopic (exact) mass is 374 g/mol. The molecule has 3 rings (SSSR count). The average molecular weight is 375 g/mol. The van der Waals surface area contributed by atoms with Gasteiger partial charge in [0.05, 0.1) is 12.5 Å². The topological polar surface area (TPSA) is 26.3 Å². The van der Waals surface area contributed by atoms with Crippen LogP contribution in [-0.4, -0.2) is 13.1 Å². The molecule has 1 saturated carbocycles. The van der Waals surface area contributed by atoms with Gasteiger partial charge < -0.3 is 4.74 Å². The van der Waals surface area contributed by atoms with Crippen LogP contribution >= 0.6 is 0 Å². The number of benzene rings is 2. The number of esters is 1. The van der Waals surface area contributed by atoms with E-state index in [1.807, 2.05) is 43.3 Å². The Morgan fingerprint density at radius 2 is 1.32 bits per heavy atom. The molecule has 1 unspecified atom stereocenters. The molecule has 146 valence electrons. The smallest absolute Gasteiger partial charge is 0.316 e. The highest BCUT2D eigenvalue weighted by atomic mass is 16.5. The van der Waals surface area contributed by atoms with Gasteiger partial charge in [-0.3, -0.25) is 4.79 Å². The quantitative estimate of drug-likeness (QED) is 0.467. The molecule has 0 spiro atoms. The van der Waals surface area contributed by atoms with Crippen molar-refractivity contribution in [1.82, 2.24) is 0 Å². The molecule has 0 aromatic heterocycles. The third-order valence-corrected chi connectivity index (χ3v) is 6.68. The van der Waals surface area contributed by atoms with E-state index in [0.29, 0.717) is 0 Å². The van der Waals surface area contributed by atoms with E-state index in [-0.39, 0.29) is 16.8 Å². The Hall–Kier alpha value is -2.57. The molecule has 0 amide bonds. The minimum Gasteiger partial charge on any atom is -0.468 e. The first-order valence-corrected chi connectivity index (χ1v) is 9.84. The van der Waals surface area contributed by atoms with E-state index < -0.39 is 5.41 Å². The van der Waals surface area contributed by atoms with Crippen molar-refractivity contribution in [3.63, 3.8) is 0 Å². The van der Waals surface area contributed by atoms with E-state index in [4.69, 9.17) is 4.74 Å². The predicted octanol–water partition coefficient (Wildman–Crippen LogP) is 6.28. The van der Waals surface area contributed by atoms with Gasteiger partial charge in [0.2, 0.25) is 0 Å². The maximum atomic E-state index is 12.9. The normalized spacial score (nSPS) is 22.4. The maximum Gasteiger partial charge on any atom is 0.316 e. The zero-order chi connectivity index (χ0) is 20.6. The summed E-state index contributed by atoms with van der Waals surface area (Å²) in [6, 6.07) is 20.6. The van der Waals surface area contributed by atoms with Crippen molar-refractivity contribution < 1.29 is 9.53 Å². The van der Waals surface area contributed by atoms with Crippen LogP contribution in [0.15, 0.2) is 72.0 Å². The molecule has 1 aliphatic rings. The number of hydrogen-bond acceptors (Lipinski definition) is 2. The van der Waals surface area contributed by atoms with E-state index in [2.05, 4.69) is 57.7 Å². The number of hydrogen-bond donors (Lipinski definition) is 0. The van der Waals surface area contributed by atoms with Gasteiger partial charge in [-0.15, -0.1) is 5.73 Å². The Morgan fingerprint density at radius 3 is 1.75 bits per heavy atom. The second-order valence-electron chi connectivity index (χ2n) is 9.12. The minimum atomic E-state index is -0.698. The van der Waals surface area contributed by atoms with E-state index in [9.17, 15) is 4.79 Å². The van der Waals surface area contributed by atoms with Gasteiger partial charge in [0.15, 0.2) is 0 Å². The molecule has 2 aromatic carbocycles. The molecule has 28 heavy (non-hydrogen) atoms. The fourth-order valence-electron chi connectivity index (χ4n) is 4.56. The fourth-order valence-corrected chi connectivity index (χ4v) is 4.56. The van der Waals surface area contributed by atoms with Gasteiger partial charge in [0.25, 0.3) is 0 Å². The van der Waals surface area contributed by atoms with Crippen molar-refractivity contribution in [3.8, 4) is 0 Å². The second kappa shape index (κ2) is 7.11. The molecular formula is C26H30O2. The highest BCUT2D eigenvalue weighted by Crippen LogP contribution is 2.63. The molecule has 1 aliphatic carbocycles. The van der Waals surface area contributed by atoms with Gasteiger partial charge in [-0.2, -0.15) is 0 Å². The van der Waals surface area contributed by atoms with Crippen LogP contribution in [0, 0.1) is 16.2 Å². The third-order valence-electron chi connectivity index (χ3n) is 6.68. The largest absolute Gasteiger partial charge is 0.468 e. The number of carbonyl (C=O) groups is 1. The Kier molecular flexibility index (Phi) is 5.12. The lowest BCUT2D eigenvalue weighted by Gasteiger charge is -2.35. The standard InChI is InChI=1S/C26H30O2/c1-24(2)18-26(5,23(27)28-6)22(25(24,3)4)17-21(19-13-9-7-10-14-19)20-15-11-8-12-16-20/h7-16H,18H2,1-6H3. The van der Waals surface area contributed by atoms with Gasteiger partial charge in [0.1, 0.15) is 0 Å². The van der Waals surface area contributed by atoms with E-state index in [1.54, 1.807) is 0 Å². The third kappa shape index (κ3) is 3.23. The van der Waals surface area contributed by atoms with Crippen LogP contribution in [0.4, 0.5) is 0 Å². The lowest BCUT2D eigenvalue weighted by Crippen LogP contribution is -2.30. The van der Waals surface area contributed by atoms with Crippen LogP contribution in [0.2, 0.25) is 0 Å².